The van der Waals surface area contributed by atoms with Crippen LogP contribution in [0.5, 0.6) is 0 Å². The van der Waals surface area contributed by atoms with E-state index in [1.54, 1.807) is 6.21 Å². The fourth-order valence-electron chi connectivity index (χ4n) is 1.12. The lowest BCUT2D eigenvalue weighted by atomic mass is 10.2. The molecule has 1 aromatic rings. The maximum Gasteiger partial charge on any atom is 0.158 e. The topological polar surface area (TPSA) is 58.4 Å². The minimum absolute atomic E-state index is 0.0335. The first-order valence-electron chi connectivity index (χ1n) is 3.38. The Morgan fingerprint density at radius 2 is 2.36 bits per heavy atom. The number of hydrogen-bond donors (Lipinski definition) is 1. The first-order valence-corrected chi connectivity index (χ1v) is 3.38. The average molecular weight is 149 g/mol. The highest BCUT2D eigenvalue weighted by Gasteiger charge is 2.12. The molecule has 1 N–H and O–H groups in total. The van der Waals surface area contributed by atoms with Crippen molar-refractivity contribution < 1.29 is 5.11 Å². The van der Waals surface area contributed by atoms with Crippen LogP contribution in [0.25, 0.3) is 0 Å². The molecule has 0 radical (unpaired) electrons. The zero-order valence-electron chi connectivity index (χ0n) is 5.86. The number of hydrogen-bond acceptors (Lipinski definition) is 4. The second-order valence-corrected chi connectivity index (χ2v) is 2.30. The molecule has 0 aliphatic carbocycles. The van der Waals surface area contributed by atoms with E-state index < -0.39 is 0 Å². The molecular weight excluding hydrogens is 142 g/mol. The summed E-state index contributed by atoms with van der Waals surface area (Å²) in [6, 6.07) is 0. The Hall–Kier alpha value is -1.29. The normalized spacial score (nSPS) is 13.5. The van der Waals surface area contributed by atoms with Crippen LogP contribution in [0.4, 0.5) is 5.82 Å². The third-order valence-corrected chi connectivity index (χ3v) is 1.67. The largest absolute Gasteiger partial charge is 0.390 e. The third-order valence-electron chi connectivity index (χ3n) is 1.67. The number of aliphatic hydroxyl groups is 1. The van der Waals surface area contributed by atoms with E-state index in [9.17, 15) is 0 Å². The van der Waals surface area contributed by atoms with Crippen LogP contribution in [0.1, 0.15) is 11.3 Å². The lowest BCUT2D eigenvalue weighted by Gasteiger charge is -1.99. The molecule has 0 unspecified atom stereocenters. The number of rotatable bonds is 1. The second kappa shape index (κ2) is 2.39. The lowest BCUT2D eigenvalue weighted by Crippen LogP contribution is -1.96. The van der Waals surface area contributed by atoms with Crippen LogP contribution in [0.3, 0.4) is 0 Å². The zero-order chi connectivity index (χ0) is 7.68. The number of aliphatic imine (C=N–C) groups is 1. The predicted molar refractivity (Wildman–Crippen MR) is 39.8 cm³/mol. The molecule has 0 bridgehead atoms. The van der Waals surface area contributed by atoms with E-state index >= 15 is 0 Å². The van der Waals surface area contributed by atoms with Crippen LogP contribution in [0, 0.1) is 0 Å². The minimum atomic E-state index is -0.0335. The summed E-state index contributed by atoms with van der Waals surface area (Å²) in [5.41, 5.74) is 1.64. The van der Waals surface area contributed by atoms with E-state index in [4.69, 9.17) is 5.11 Å². The molecule has 11 heavy (non-hydrogen) atoms. The van der Waals surface area contributed by atoms with Gasteiger partial charge in [-0.1, -0.05) is 0 Å². The van der Waals surface area contributed by atoms with Crippen molar-refractivity contribution in [1.82, 2.24) is 9.97 Å². The summed E-state index contributed by atoms with van der Waals surface area (Å²) in [5.74, 6) is 0.698. The third kappa shape index (κ3) is 0.914. The summed E-state index contributed by atoms with van der Waals surface area (Å²) >= 11 is 0. The molecular formula is C7H7N3O. The van der Waals surface area contributed by atoms with E-state index in [0.29, 0.717) is 11.5 Å². The predicted octanol–water partition coefficient (Wildman–Crippen LogP) is 0.227. The van der Waals surface area contributed by atoms with Gasteiger partial charge in [-0.15, -0.1) is 0 Å². The molecule has 2 rings (SSSR count). The fourth-order valence-corrected chi connectivity index (χ4v) is 1.12. The highest BCUT2D eigenvalue weighted by molar-refractivity contribution is 5.74. The molecule has 0 saturated heterocycles. The van der Waals surface area contributed by atoms with Crippen molar-refractivity contribution in [2.45, 2.75) is 13.0 Å². The van der Waals surface area contributed by atoms with E-state index in [2.05, 4.69) is 15.0 Å². The van der Waals surface area contributed by atoms with Gasteiger partial charge in [-0.3, -0.25) is 0 Å². The highest BCUT2D eigenvalue weighted by Crippen LogP contribution is 2.22. The lowest BCUT2D eigenvalue weighted by molar-refractivity contribution is 0.275. The molecule has 56 valence electrons. The molecule has 4 nitrogen and oxygen atoms in total. The summed E-state index contributed by atoms with van der Waals surface area (Å²) in [4.78, 5) is 11.9. The first kappa shape index (κ1) is 6.42. The molecule has 2 heterocycles. The van der Waals surface area contributed by atoms with Crippen molar-refractivity contribution in [1.29, 1.82) is 0 Å². The van der Waals surface area contributed by atoms with Crippen molar-refractivity contribution in [3.63, 3.8) is 0 Å². The number of aliphatic hydroxyl groups excluding tert-OH is 1. The molecule has 0 fully saturated rings. The molecule has 0 atom stereocenters. The Morgan fingerprint density at radius 1 is 1.45 bits per heavy atom. The number of nitrogens with zero attached hydrogens (tertiary/aromatic N) is 3. The summed E-state index contributed by atoms with van der Waals surface area (Å²) in [6.07, 6.45) is 3.94. The van der Waals surface area contributed by atoms with Gasteiger partial charge in [0.2, 0.25) is 0 Å². The Bertz CT molecular complexity index is 309. The molecule has 1 aliphatic rings. The van der Waals surface area contributed by atoms with E-state index in [1.165, 1.54) is 6.33 Å². The highest BCUT2D eigenvalue weighted by atomic mass is 16.3. The van der Waals surface area contributed by atoms with Crippen LogP contribution < -0.4 is 0 Å². The number of aromatic nitrogens is 2. The molecule has 1 aromatic heterocycles. The van der Waals surface area contributed by atoms with Crippen molar-refractivity contribution in [3.8, 4) is 0 Å². The molecule has 0 saturated carbocycles. The molecule has 4 heteroatoms. The Kier molecular flexibility index (Phi) is 1.40. The van der Waals surface area contributed by atoms with Crippen LogP contribution in [-0.4, -0.2) is 21.3 Å². The van der Waals surface area contributed by atoms with Gasteiger partial charge in [-0.05, 0) is 0 Å². The monoisotopic (exact) mass is 149 g/mol. The van der Waals surface area contributed by atoms with Gasteiger partial charge in [-0.25, -0.2) is 15.0 Å². The minimum Gasteiger partial charge on any atom is -0.390 e. The van der Waals surface area contributed by atoms with E-state index in [0.717, 1.165) is 12.0 Å². The van der Waals surface area contributed by atoms with Gasteiger partial charge < -0.3 is 5.11 Å². The van der Waals surface area contributed by atoms with Crippen LogP contribution in [-0.2, 0) is 13.0 Å². The van der Waals surface area contributed by atoms with Crippen LogP contribution in [0.2, 0.25) is 0 Å². The smallest absolute Gasteiger partial charge is 0.158 e. The molecule has 0 amide bonds. The van der Waals surface area contributed by atoms with Crippen LogP contribution in [0.15, 0.2) is 11.3 Å². The standard InChI is InChI=1S/C7H7N3O/c11-3-6-5-1-2-8-7(5)10-4-9-6/h2,4,11H,1,3H2. The van der Waals surface area contributed by atoms with E-state index in [-0.39, 0.29) is 6.61 Å². The quantitative estimate of drug-likeness (QED) is 0.621. The summed E-state index contributed by atoms with van der Waals surface area (Å²) in [5, 5.41) is 8.86. The van der Waals surface area contributed by atoms with Gasteiger partial charge in [0.05, 0.1) is 12.3 Å². The van der Waals surface area contributed by atoms with Crippen molar-refractivity contribution in [3.05, 3.63) is 17.6 Å². The van der Waals surface area contributed by atoms with Crippen molar-refractivity contribution in [2.75, 3.05) is 0 Å². The van der Waals surface area contributed by atoms with Crippen molar-refractivity contribution in [2.24, 2.45) is 4.99 Å². The van der Waals surface area contributed by atoms with Crippen LogP contribution >= 0.6 is 0 Å². The average Bonchev–Trinajstić information content (AvgIpc) is 2.50. The summed E-state index contributed by atoms with van der Waals surface area (Å²) < 4.78 is 0. The zero-order valence-corrected chi connectivity index (χ0v) is 5.86. The SMILES string of the molecule is OCc1ncnc2c1CC=N2. The van der Waals surface area contributed by atoms with Gasteiger partial charge in [-0.2, -0.15) is 0 Å². The fraction of sp³-hybridized carbons (Fsp3) is 0.286. The Labute approximate surface area is 63.6 Å². The van der Waals surface area contributed by atoms with Crippen molar-refractivity contribution >= 4 is 12.0 Å². The number of fused-ring (bicyclic) bond motifs is 1. The Balaban J connectivity index is 2.55. The Morgan fingerprint density at radius 3 is 3.18 bits per heavy atom. The maximum absolute atomic E-state index is 8.86. The molecule has 0 spiro atoms. The van der Waals surface area contributed by atoms with Gasteiger partial charge in [0.15, 0.2) is 5.82 Å². The second-order valence-electron chi connectivity index (χ2n) is 2.30. The summed E-state index contributed by atoms with van der Waals surface area (Å²) in [6.45, 7) is -0.0335. The molecule has 0 aromatic carbocycles. The first-order chi connectivity index (χ1) is 5.42. The maximum atomic E-state index is 8.86. The van der Waals surface area contributed by atoms with Gasteiger partial charge in [0.25, 0.3) is 0 Å². The molecule has 1 aliphatic heterocycles. The van der Waals surface area contributed by atoms with Gasteiger partial charge in [0.1, 0.15) is 6.33 Å². The summed E-state index contributed by atoms with van der Waals surface area (Å²) in [7, 11) is 0. The van der Waals surface area contributed by atoms with E-state index in [1.807, 2.05) is 0 Å². The van der Waals surface area contributed by atoms with Gasteiger partial charge >= 0.3 is 0 Å². The van der Waals surface area contributed by atoms with Gasteiger partial charge in [0, 0.05) is 18.2 Å².